The van der Waals surface area contributed by atoms with Crippen LogP contribution in [0.15, 0.2) is 60.5 Å². The summed E-state index contributed by atoms with van der Waals surface area (Å²) in [5.41, 5.74) is 4.12. The molecule has 0 aliphatic carbocycles. The van der Waals surface area contributed by atoms with Crippen LogP contribution in [0.2, 0.25) is 0 Å². The van der Waals surface area contributed by atoms with Gasteiger partial charge in [0.25, 0.3) is 0 Å². The highest BCUT2D eigenvalue weighted by Gasteiger charge is 2.38. The van der Waals surface area contributed by atoms with Gasteiger partial charge in [0, 0.05) is 48.8 Å². The van der Waals surface area contributed by atoms with Crippen molar-refractivity contribution in [2.45, 2.75) is 25.0 Å². The number of carboxylic acid groups (broad SMARTS) is 2. The van der Waals surface area contributed by atoms with E-state index in [-0.39, 0.29) is 6.10 Å². The summed E-state index contributed by atoms with van der Waals surface area (Å²) in [7, 11) is 0. The number of ether oxygens (including phenoxy) is 1. The Hall–Kier alpha value is -4.09. The lowest BCUT2D eigenvalue weighted by Crippen LogP contribution is -2.37. The van der Waals surface area contributed by atoms with E-state index >= 15 is 0 Å². The van der Waals surface area contributed by atoms with Crippen LogP contribution < -0.4 is 0 Å². The maximum Gasteiger partial charge on any atom is 0.490 e. The van der Waals surface area contributed by atoms with Crippen molar-refractivity contribution in [3.8, 4) is 11.3 Å². The van der Waals surface area contributed by atoms with Crippen LogP contribution in [0.4, 0.5) is 26.3 Å². The number of thiazole rings is 1. The lowest BCUT2D eigenvalue weighted by molar-refractivity contribution is -0.193. The third-order valence-electron chi connectivity index (χ3n) is 5.29. The Morgan fingerprint density at radius 2 is 1.63 bits per heavy atom. The number of rotatable bonds is 4. The van der Waals surface area contributed by atoms with Gasteiger partial charge in [-0.3, -0.25) is 14.3 Å². The highest BCUT2D eigenvalue weighted by molar-refractivity contribution is 7.09. The zero-order chi connectivity index (χ0) is 30.2. The number of pyridine rings is 2. The Kier molecular flexibility index (Phi) is 10.4. The first kappa shape index (κ1) is 31.4. The molecule has 0 bridgehead atoms. The van der Waals surface area contributed by atoms with E-state index in [0.29, 0.717) is 6.61 Å². The summed E-state index contributed by atoms with van der Waals surface area (Å²) in [5, 5.41) is 17.4. The summed E-state index contributed by atoms with van der Waals surface area (Å²) < 4.78 is 71.6. The zero-order valence-electron chi connectivity index (χ0n) is 20.7. The number of aliphatic carboxylic acids is 2. The van der Waals surface area contributed by atoms with E-state index in [0.717, 1.165) is 47.2 Å². The molecule has 10 nitrogen and oxygen atoms in total. The molecule has 4 aromatic heterocycles. The van der Waals surface area contributed by atoms with Crippen molar-refractivity contribution in [2.75, 3.05) is 19.7 Å². The summed E-state index contributed by atoms with van der Waals surface area (Å²) in [4.78, 5) is 33.5. The number of hydrogen-bond acceptors (Lipinski definition) is 8. The number of hydrogen-bond donors (Lipinski definition) is 2. The number of alkyl halides is 6. The molecule has 0 aromatic carbocycles. The molecule has 0 spiro atoms. The Bertz CT molecular complexity index is 1410. The molecular weight excluding hydrogens is 584 g/mol. The van der Waals surface area contributed by atoms with Gasteiger partial charge in [-0.2, -0.15) is 26.3 Å². The van der Waals surface area contributed by atoms with E-state index in [9.17, 15) is 26.3 Å². The van der Waals surface area contributed by atoms with Gasteiger partial charge in [-0.15, -0.1) is 11.3 Å². The summed E-state index contributed by atoms with van der Waals surface area (Å²) in [6, 6.07) is 10.2. The first-order valence-electron chi connectivity index (χ1n) is 11.5. The number of halogens is 6. The molecular formula is C24H21F6N5O5S. The van der Waals surface area contributed by atoms with Crippen molar-refractivity contribution in [3.05, 3.63) is 71.2 Å². The number of nitrogens with zero attached hydrogens (tertiary/aromatic N) is 5. The van der Waals surface area contributed by atoms with E-state index in [1.54, 1.807) is 11.3 Å². The van der Waals surface area contributed by atoms with Crippen LogP contribution >= 0.6 is 11.3 Å². The number of imidazole rings is 1. The zero-order valence-corrected chi connectivity index (χ0v) is 21.5. The predicted molar refractivity (Wildman–Crippen MR) is 132 cm³/mol. The minimum atomic E-state index is -5.08. The normalized spacial score (nSPS) is 15.8. The van der Waals surface area contributed by atoms with Crippen molar-refractivity contribution in [1.29, 1.82) is 0 Å². The van der Waals surface area contributed by atoms with E-state index in [1.807, 2.05) is 48.2 Å². The van der Waals surface area contributed by atoms with Gasteiger partial charge in [0.2, 0.25) is 0 Å². The van der Waals surface area contributed by atoms with Crippen LogP contribution in [0.5, 0.6) is 0 Å². The monoisotopic (exact) mass is 605 g/mol. The highest BCUT2D eigenvalue weighted by atomic mass is 32.1. The molecule has 0 amide bonds. The van der Waals surface area contributed by atoms with Crippen molar-refractivity contribution < 1.29 is 50.9 Å². The Morgan fingerprint density at radius 3 is 2.20 bits per heavy atom. The molecule has 4 aromatic rings. The maximum absolute atomic E-state index is 10.6. The number of carboxylic acids is 2. The van der Waals surface area contributed by atoms with Gasteiger partial charge < -0.3 is 14.9 Å². The molecule has 1 saturated heterocycles. The van der Waals surface area contributed by atoms with Gasteiger partial charge in [-0.1, -0.05) is 6.07 Å². The molecule has 17 heteroatoms. The van der Waals surface area contributed by atoms with Gasteiger partial charge >= 0.3 is 24.3 Å². The van der Waals surface area contributed by atoms with E-state index in [2.05, 4.69) is 31.5 Å². The maximum atomic E-state index is 10.6. The standard InChI is InChI=1S/C20H19N5OS.2C2HF3O2/c1-2-17(15-4-6-21-7-5-15)25-12-16(23-19(25)3-1)18-13-24(9-10-26-18)14-20-22-8-11-27-20;2*3-2(4,5)1(6)7/h1-8,11-12,18H,9-10,13-14H2;2*(H,6,7). The minimum Gasteiger partial charge on any atom is -0.475 e. The second-order valence-corrected chi connectivity index (χ2v) is 9.15. The van der Waals surface area contributed by atoms with Gasteiger partial charge in [0.05, 0.1) is 24.5 Å². The second kappa shape index (κ2) is 13.5. The highest BCUT2D eigenvalue weighted by Crippen LogP contribution is 2.26. The molecule has 5 rings (SSSR count). The molecule has 1 aliphatic heterocycles. The number of aromatic nitrogens is 4. The molecule has 220 valence electrons. The fourth-order valence-corrected chi connectivity index (χ4v) is 4.15. The van der Waals surface area contributed by atoms with Gasteiger partial charge in [-0.25, -0.2) is 19.6 Å². The van der Waals surface area contributed by atoms with E-state index in [1.165, 1.54) is 0 Å². The second-order valence-electron chi connectivity index (χ2n) is 8.17. The van der Waals surface area contributed by atoms with Gasteiger partial charge in [0.15, 0.2) is 0 Å². The van der Waals surface area contributed by atoms with Crippen molar-refractivity contribution in [3.63, 3.8) is 0 Å². The Balaban J connectivity index is 0.000000276. The van der Waals surface area contributed by atoms with Crippen molar-refractivity contribution >= 4 is 28.9 Å². The minimum absolute atomic E-state index is 0.0242. The fourth-order valence-electron chi connectivity index (χ4n) is 3.49. The summed E-state index contributed by atoms with van der Waals surface area (Å²) in [6.07, 6.45) is -2.60. The van der Waals surface area contributed by atoms with Gasteiger partial charge in [-0.05, 0) is 24.3 Å². The number of morpholine rings is 1. The topological polar surface area (TPSA) is 130 Å². The smallest absolute Gasteiger partial charge is 0.475 e. The first-order chi connectivity index (χ1) is 19.3. The largest absolute Gasteiger partial charge is 0.490 e. The molecule has 0 saturated carbocycles. The van der Waals surface area contributed by atoms with Crippen molar-refractivity contribution in [2.24, 2.45) is 0 Å². The average Bonchev–Trinajstić information content (AvgIpc) is 3.59. The summed E-state index contributed by atoms with van der Waals surface area (Å²) in [5.74, 6) is -5.51. The molecule has 1 atom stereocenters. The Morgan fingerprint density at radius 1 is 1.00 bits per heavy atom. The van der Waals surface area contributed by atoms with Crippen LogP contribution in [0.25, 0.3) is 16.9 Å². The van der Waals surface area contributed by atoms with Crippen molar-refractivity contribution in [1.82, 2.24) is 24.3 Å². The summed E-state index contributed by atoms with van der Waals surface area (Å²) in [6.45, 7) is 3.33. The molecule has 1 fully saturated rings. The molecule has 5 heterocycles. The average molecular weight is 606 g/mol. The summed E-state index contributed by atoms with van der Waals surface area (Å²) >= 11 is 1.70. The van der Waals surface area contributed by atoms with Gasteiger partial charge in [0.1, 0.15) is 16.8 Å². The van der Waals surface area contributed by atoms with E-state index < -0.39 is 24.3 Å². The third-order valence-corrected chi connectivity index (χ3v) is 6.06. The number of fused-ring (bicyclic) bond motifs is 1. The molecule has 41 heavy (non-hydrogen) atoms. The number of carbonyl (C=O) groups is 2. The SMILES string of the molecule is O=C(O)C(F)(F)F.O=C(O)C(F)(F)F.c1cc(-c2ccncc2)n2cc(C3CN(Cc4nccs4)CCO3)nc2c1. The first-order valence-corrected chi connectivity index (χ1v) is 12.3. The van der Waals surface area contributed by atoms with Crippen LogP contribution in [0.1, 0.15) is 16.8 Å². The third kappa shape index (κ3) is 9.22. The van der Waals surface area contributed by atoms with E-state index in [4.69, 9.17) is 29.5 Å². The van der Waals surface area contributed by atoms with Crippen LogP contribution in [0, 0.1) is 0 Å². The fraction of sp³-hybridized carbons (Fsp3) is 0.292. The lowest BCUT2D eigenvalue weighted by atomic mass is 10.2. The molecule has 1 aliphatic rings. The Labute approximate surface area is 231 Å². The van der Waals surface area contributed by atoms with Crippen LogP contribution in [0.3, 0.4) is 0 Å². The van der Waals surface area contributed by atoms with Crippen LogP contribution in [-0.4, -0.2) is 78.5 Å². The quantitative estimate of drug-likeness (QED) is 0.318. The lowest BCUT2D eigenvalue weighted by Gasteiger charge is -2.31. The molecule has 1 unspecified atom stereocenters. The predicted octanol–water partition coefficient (Wildman–Crippen LogP) is 4.69. The molecule has 0 radical (unpaired) electrons. The molecule has 2 N–H and O–H groups in total. The van der Waals surface area contributed by atoms with Crippen LogP contribution in [-0.2, 0) is 20.9 Å².